The van der Waals surface area contributed by atoms with Gasteiger partial charge in [0.05, 0.1) is 0 Å². The van der Waals surface area contributed by atoms with Crippen molar-refractivity contribution in [3.63, 3.8) is 0 Å². The molecule has 3 aliphatic carbocycles. The van der Waals surface area contributed by atoms with E-state index in [4.69, 9.17) is 0 Å². The number of allylic oxidation sites excluding steroid dienone is 2. The molecule has 0 heterocycles. The molecule has 2 atom stereocenters. The van der Waals surface area contributed by atoms with Gasteiger partial charge in [0.1, 0.15) is 0 Å². The highest BCUT2D eigenvalue weighted by atomic mass is 16.1. The fourth-order valence-electron chi connectivity index (χ4n) is 4.21. The van der Waals surface area contributed by atoms with Crippen molar-refractivity contribution in [3.05, 3.63) is 11.6 Å². The number of ketones is 1. The number of hydrogen-bond donors (Lipinski definition) is 0. The van der Waals surface area contributed by atoms with Gasteiger partial charge in [-0.3, -0.25) is 4.79 Å². The first-order valence-electron chi connectivity index (χ1n) is 5.90. The van der Waals surface area contributed by atoms with E-state index >= 15 is 0 Å². The van der Waals surface area contributed by atoms with Gasteiger partial charge in [-0.15, -0.1) is 0 Å². The summed E-state index contributed by atoms with van der Waals surface area (Å²) in [5, 5.41) is 0. The largest absolute Gasteiger partial charge is 0.295 e. The van der Waals surface area contributed by atoms with Crippen LogP contribution < -0.4 is 0 Å². The molecule has 0 amide bonds. The molecule has 0 saturated heterocycles. The van der Waals surface area contributed by atoms with Crippen LogP contribution >= 0.6 is 0 Å². The van der Waals surface area contributed by atoms with E-state index in [9.17, 15) is 4.79 Å². The van der Waals surface area contributed by atoms with Crippen LogP contribution in [-0.4, -0.2) is 5.78 Å². The van der Waals surface area contributed by atoms with Crippen LogP contribution in [0.1, 0.15) is 51.9 Å². The molecular weight excluding hydrogens is 172 g/mol. The summed E-state index contributed by atoms with van der Waals surface area (Å²) < 4.78 is 0. The lowest BCUT2D eigenvalue weighted by atomic mass is 9.57. The predicted octanol–water partition coefficient (Wildman–Crippen LogP) is 3.25. The fourth-order valence-corrected chi connectivity index (χ4v) is 4.21. The van der Waals surface area contributed by atoms with E-state index in [1.807, 2.05) is 6.08 Å². The molecule has 76 valence electrons. The van der Waals surface area contributed by atoms with Gasteiger partial charge in [0, 0.05) is 11.8 Å². The molecule has 1 spiro atoms. The van der Waals surface area contributed by atoms with Crippen molar-refractivity contribution in [1.82, 2.24) is 0 Å². The molecule has 1 heteroatoms. The van der Waals surface area contributed by atoms with Gasteiger partial charge in [-0.1, -0.05) is 25.3 Å². The molecule has 0 aliphatic heterocycles. The number of hydrogen-bond acceptors (Lipinski definition) is 1. The summed E-state index contributed by atoms with van der Waals surface area (Å²) in [5.74, 6) is 0.396. The van der Waals surface area contributed by atoms with Crippen LogP contribution in [0.2, 0.25) is 0 Å². The van der Waals surface area contributed by atoms with Gasteiger partial charge < -0.3 is 0 Å². The van der Waals surface area contributed by atoms with Crippen molar-refractivity contribution in [2.75, 3.05) is 0 Å². The number of rotatable bonds is 0. The Bertz CT molecular complexity index is 328. The van der Waals surface area contributed by atoms with Crippen molar-refractivity contribution in [3.8, 4) is 0 Å². The minimum Gasteiger partial charge on any atom is -0.295 e. The summed E-state index contributed by atoms with van der Waals surface area (Å²) in [7, 11) is 0. The third kappa shape index (κ3) is 0.838. The van der Waals surface area contributed by atoms with Crippen molar-refractivity contribution >= 4 is 5.78 Å². The SMILES string of the molecule is C[C@@]12CCCC[C@@]13CC(=O)C=C3CC2. The summed E-state index contributed by atoms with van der Waals surface area (Å²) in [5.41, 5.74) is 2.29. The smallest absolute Gasteiger partial charge is 0.156 e. The van der Waals surface area contributed by atoms with Gasteiger partial charge in [-0.25, -0.2) is 0 Å². The van der Waals surface area contributed by atoms with Crippen molar-refractivity contribution in [2.45, 2.75) is 51.9 Å². The molecule has 3 rings (SSSR count). The van der Waals surface area contributed by atoms with E-state index < -0.39 is 0 Å². The molecule has 0 N–H and O–H groups in total. The third-order valence-corrected chi connectivity index (χ3v) is 5.11. The van der Waals surface area contributed by atoms with Crippen LogP contribution in [0.3, 0.4) is 0 Å². The van der Waals surface area contributed by atoms with E-state index in [-0.39, 0.29) is 0 Å². The first kappa shape index (κ1) is 8.70. The Balaban J connectivity index is 2.09. The maximum Gasteiger partial charge on any atom is 0.156 e. The topological polar surface area (TPSA) is 17.1 Å². The molecular formula is C13H18O. The zero-order valence-corrected chi connectivity index (χ0v) is 8.94. The molecule has 1 nitrogen and oxygen atoms in total. The van der Waals surface area contributed by atoms with Gasteiger partial charge in [-0.05, 0) is 37.2 Å². The molecule has 0 aromatic heterocycles. The molecule has 14 heavy (non-hydrogen) atoms. The Morgan fingerprint density at radius 1 is 1.21 bits per heavy atom. The Labute approximate surface area is 85.6 Å². The van der Waals surface area contributed by atoms with E-state index in [0.29, 0.717) is 16.6 Å². The number of carbonyl (C=O) groups excluding carboxylic acids is 1. The average Bonchev–Trinajstić information content (AvgIpc) is 2.58. The maximum absolute atomic E-state index is 11.6. The second-order valence-corrected chi connectivity index (χ2v) is 5.66. The van der Waals surface area contributed by atoms with E-state index in [1.54, 1.807) is 0 Å². The third-order valence-electron chi connectivity index (χ3n) is 5.11. The van der Waals surface area contributed by atoms with Crippen LogP contribution in [0.15, 0.2) is 11.6 Å². The Morgan fingerprint density at radius 2 is 2.00 bits per heavy atom. The number of carbonyl (C=O) groups is 1. The van der Waals surface area contributed by atoms with Gasteiger partial charge in [0.25, 0.3) is 0 Å². The minimum atomic E-state index is 0.322. The van der Waals surface area contributed by atoms with Crippen LogP contribution in [0, 0.1) is 10.8 Å². The average molecular weight is 190 g/mol. The molecule has 0 aromatic carbocycles. The molecule has 0 radical (unpaired) electrons. The molecule has 2 saturated carbocycles. The zero-order chi connectivity index (χ0) is 9.81. The molecule has 0 aromatic rings. The fraction of sp³-hybridized carbons (Fsp3) is 0.769. The molecule has 2 fully saturated rings. The minimum absolute atomic E-state index is 0.322. The van der Waals surface area contributed by atoms with Crippen LogP contribution in [0.4, 0.5) is 0 Å². The predicted molar refractivity (Wildman–Crippen MR) is 55.9 cm³/mol. The normalized spacial score (nSPS) is 46.1. The van der Waals surface area contributed by atoms with E-state index in [2.05, 4.69) is 6.92 Å². The monoisotopic (exact) mass is 190 g/mol. The quantitative estimate of drug-likeness (QED) is 0.573. The molecule has 3 aliphatic rings. The van der Waals surface area contributed by atoms with E-state index in [1.165, 1.54) is 44.1 Å². The summed E-state index contributed by atoms with van der Waals surface area (Å²) >= 11 is 0. The Morgan fingerprint density at radius 3 is 2.86 bits per heavy atom. The highest BCUT2D eigenvalue weighted by molar-refractivity contribution is 5.95. The highest BCUT2D eigenvalue weighted by Gasteiger charge is 2.58. The van der Waals surface area contributed by atoms with Crippen molar-refractivity contribution < 1.29 is 4.79 Å². The Kier molecular flexibility index (Phi) is 1.55. The second-order valence-electron chi connectivity index (χ2n) is 5.66. The Hall–Kier alpha value is -0.590. The lowest BCUT2D eigenvalue weighted by Gasteiger charge is -2.46. The molecule has 0 unspecified atom stereocenters. The van der Waals surface area contributed by atoms with Crippen molar-refractivity contribution in [1.29, 1.82) is 0 Å². The first-order chi connectivity index (χ1) is 6.66. The summed E-state index contributed by atoms with van der Waals surface area (Å²) in [6, 6.07) is 0. The summed E-state index contributed by atoms with van der Waals surface area (Å²) in [6.07, 6.45) is 10.7. The summed E-state index contributed by atoms with van der Waals surface area (Å²) in [4.78, 5) is 11.6. The van der Waals surface area contributed by atoms with Gasteiger partial charge >= 0.3 is 0 Å². The van der Waals surface area contributed by atoms with Gasteiger partial charge in [-0.2, -0.15) is 0 Å². The molecule has 0 bridgehead atoms. The highest BCUT2D eigenvalue weighted by Crippen LogP contribution is 2.66. The first-order valence-corrected chi connectivity index (χ1v) is 5.90. The lowest BCUT2D eigenvalue weighted by Crippen LogP contribution is -2.38. The van der Waals surface area contributed by atoms with Crippen LogP contribution in [0.5, 0.6) is 0 Å². The second kappa shape index (κ2) is 2.50. The maximum atomic E-state index is 11.6. The van der Waals surface area contributed by atoms with Gasteiger partial charge in [0.2, 0.25) is 0 Å². The lowest BCUT2D eigenvalue weighted by molar-refractivity contribution is -0.117. The zero-order valence-electron chi connectivity index (χ0n) is 8.94. The van der Waals surface area contributed by atoms with Gasteiger partial charge in [0.15, 0.2) is 5.78 Å². The van der Waals surface area contributed by atoms with Crippen LogP contribution in [0.25, 0.3) is 0 Å². The standard InChI is InChI=1S/C13H18O/c1-12-5-2-3-6-13(12)9-11(14)8-10(13)4-7-12/h8H,2-7,9H2,1H3/t12-,13-/m0/s1. The van der Waals surface area contributed by atoms with Crippen molar-refractivity contribution in [2.24, 2.45) is 10.8 Å². The van der Waals surface area contributed by atoms with Crippen LogP contribution in [-0.2, 0) is 4.79 Å². The van der Waals surface area contributed by atoms with E-state index in [0.717, 1.165) is 6.42 Å². The summed E-state index contributed by atoms with van der Waals surface area (Å²) in [6.45, 7) is 2.42.